The van der Waals surface area contributed by atoms with Crippen LogP contribution in [0.25, 0.3) is 0 Å². The van der Waals surface area contributed by atoms with E-state index in [0.29, 0.717) is 5.76 Å². The van der Waals surface area contributed by atoms with Crippen LogP contribution in [-0.2, 0) is 10.0 Å². The lowest BCUT2D eigenvalue weighted by molar-refractivity contribution is 0.0726. The zero-order chi connectivity index (χ0) is 19.6. The molecular formula is C18H23ClN2O4S. The van der Waals surface area contributed by atoms with E-state index >= 15 is 0 Å². The maximum atomic E-state index is 12.9. The fourth-order valence-corrected chi connectivity index (χ4v) is 3.95. The highest BCUT2D eigenvalue weighted by Gasteiger charge is 2.27. The van der Waals surface area contributed by atoms with Crippen LogP contribution in [-0.4, -0.2) is 43.7 Å². The van der Waals surface area contributed by atoms with Gasteiger partial charge in [0, 0.05) is 20.1 Å². The first-order valence-corrected chi connectivity index (χ1v) is 9.97. The molecule has 26 heavy (non-hydrogen) atoms. The van der Waals surface area contributed by atoms with Gasteiger partial charge in [0.05, 0.1) is 27.8 Å². The average molecular weight is 399 g/mol. The molecule has 0 aliphatic carbocycles. The van der Waals surface area contributed by atoms with Gasteiger partial charge in [-0.25, -0.2) is 8.42 Å². The van der Waals surface area contributed by atoms with Crippen LogP contribution < -0.4 is 0 Å². The quantitative estimate of drug-likeness (QED) is 0.742. The Bertz CT molecular complexity index is 879. The van der Waals surface area contributed by atoms with E-state index < -0.39 is 10.0 Å². The van der Waals surface area contributed by atoms with E-state index in [0.717, 1.165) is 0 Å². The van der Waals surface area contributed by atoms with Crippen LogP contribution in [0.4, 0.5) is 0 Å². The predicted molar refractivity (Wildman–Crippen MR) is 101 cm³/mol. The summed E-state index contributed by atoms with van der Waals surface area (Å²) in [5, 5.41) is 0.194. The molecule has 1 amide bonds. The molecular weight excluding hydrogens is 376 g/mol. The minimum absolute atomic E-state index is 0.0282. The zero-order valence-corrected chi connectivity index (χ0v) is 17.0. The third-order valence-corrected chi connectivity index (χ3v) is 6.79. The van der Waals surface area contributed by atoms with E-state index in [2.05, 4.69) is 0 Å². The Kier molecular flexibility index (Phi) is 6.16. The lowest BCUT2D eigenvalue weighted by Gasteiger charge is -2.25. The third kappa shape index (κ3) is 3.95. The minimum Gasteiger partial charge on any atom is -0.467 e. The number of furan rings is 1. The average Bonchev–Trinajstić information content (AvgIpc) is 3.13. The molecule has 0 radical (unpaired) electrons. The second-order valence-corrected chi connectivity index (χ2v) is 8.77. The molecule has 0 saturated heterocycles. The van der Waals surface area contributed by atoms with Crippen molar-refractivity contribution in [2.24, 2.45) is 0 Å². The summed E-state index contributed by atoms with van der Waals surface area (Å²) in [7, 11) is -0.595. The summed E-state index contributed by atoms with van der Waals surface area (Å²) >= 11 is 6.18. The number of hydrogen-bond donors (Lipinski definition) is 0. The molecule has 0 spiro atoms. The van der Waals surface area contributed by atoms with Crippen molar-refractivity contribution in [2.45, 2.75) is 37.8 Å². The summed E-state index contributed by atoms with van der Waals surface area (Å²) in [5.41, 5.74) is 0.130. The molecule has 1 heterocycles. The molecule has 1 aromatic carbocycles. The van der Waals surface area contributed by atoms with Gasteiger partial charge in [-0.3, -0.25) is 4.79 Å². The highest BCUT2D eigenvalue weighted by atomic mass is 35.5. The van der Waals surface area contributed by atoms with Crippen LogP contribution in [0.1, 0.15) is 42.9 Å². The minimum atomic E-state index is -3.71. The van der Waals surface area contributed by atoms with E-state index in [1.54, 1.807) is 33.0 Å². The second kappa shape index (κ2) is 7.82. The number of halogens is 1. The van der Waals surface area contributed by atoms with Gasteiger partial charge >= 0.3 is 0 Å². The summed E-state index contributed by atoms with van der Waals surface area (Å²) in [6.45, 7) is 5.37. The number of hydrogen-bond acceptors (Lipinski definition) is 4. The van der Waals surface area contributed by atoms with E-state index in [-0.39, 0.29) is 33.5 Å². The van der Waals surface area contributed by atoms with E-state index in [4.69, 9.17) is 16.0 Å². The maximum absolute atomic E-state index is 12.9. The van der Waals surface area contributed by atoms with Gasteiger partial charge in [0.15, 0.2) is 0 Å². The van der Waals surface area contributed by atoms with E-state index in [1.807, 2.05) is 6.92 Å². The molecule has 0 saturated carbocycles. The molecule has 142 valence electrons. The van der Waals surface area contributed by atoms with Crippen molar-refractivity contribution in [1.82, 2.24) is 9.21 Å². The molecule has 0 aliphatic heterocycles. The lowest BCUT2D eigenvalue weighted by Crippen LogP contribution is -2.33. The summed E-state index contributed by atoms with van der Waals surface area (Å²) in [5.74, 6) is 0.239. The normalized spacial score (nSPS) is 13.2. The summed E-state index contributed by atoms with van der Waals surface area (Å²) in [6.07, 6.45) is 1.53. The topological polar surface area (TPSA) is 70.8 Å². The summed E-state index contributed by atoms with van der Waals surface area (Å²) < 4.78 is 32.0. The summed E-state index contributed by atoms with van der Waals surface area (Å²) in [4.78, 5) is 14.4. The Morgan fingerprint density at radius 3 is 2.35 bits per heavy atom. The van der Waals surface area contributed by atoms with Crippen LogP contribution in [0.5, 0.6) is 0 Å². The van der Waals surface area contributed by atoms with Crippen molar-refractivity contribution in [3.63, 3.8) is 0 Å². The Balaban J connectivity index is 2.39. The first kappa shape index (κ1) is 20.5. The summed E-state index contributed by atoms with van der Waals surface area (Å²) in [6, 6.07) is 7.14. The molecule has 1 atom stereocenters. The van der Waals surface area contributed by atoms with Gasteiger partial charge in [-0.15, -0.1) is 0 Å². The molecule has 0 aliphatic rings. The van der Waals surface area contributed by atoms with Gasteiger partial charge in [0.1, 0.15) is 5.76 Å². The van der Waals surface area contributed by atoms with Crippen molar-refractivity contribution in [3.05, 3.63) is 52.9 Å². The number of sulfonamides is 1. The zero-order valence-electron chi connectivity index (χ0n) is 15.4. The fraction of sp³-hybridized carbons (Fsp3) is 0.389. The molecule has 0 bridgehead atoms. The molecule has 8 heteroatoms. The SMILES string of the molecule is CC(c1ccco1)N(C)C(=O)c1cc(S(=O)(=O)N(C)C(C)C)ccc1Cl. The number of nitrogens with zero attached hydrogens (tertiary/aromatic N) is 2. The smallest absolute Gasteiger partial charge is 0.255 e. The predicted octanol–water partition coefficient (Wildman–Crippen LogP) is 3.80. The van der Waals surface area contributed by atoms with Gasteiger partial charge in [0.2, 0.25) is 10.0 Å². The molecule has 0 N–H and O–H groups in total. The van der Waals surface area contributed by atoms with Gasteiger partial charge in [0.25, 0.3) is 5.91 Å². The van der Waals surface area contributed by atoms with Gasteiger partial charge in [-0.2, -0.15) is 4.31 Å². The standard InChI is InChI=1S/C18H23ClN2O4S/c1-12(2)21(5)26(23,24)14-8-9-16(19)15(11-14)18(22)20(4)13(3)17-7-6-10-25-17/h6-13H,1-5H3. The second-order valence-electron chi connectivity index (χ2n) is 6.36. The van der Waals surface area contributed by atoms with Crippen molar-refractivity contribution >= 4 is 27.5 Å². The number of rotatable bonds is 6. The molecule has 6 nitrogen and oxygen atoms in total. The first-order valence-electron chi connectivity index (χ1n) is 8.15. The van der Waals surface area contributed by atoms with Crippen molar-refractivity contribution in [3.8, 4) is 0 Å². The fourth-order valence-electron chi connectivity index (χ4n) is 2.36. The first-order chi connectivity index (χ1) is 12.1. The Morgan fingerprint density at radius 2 is 1.81 bits per heavy atom. The maximum Gasteiger partial charge on any atom is 0.255 e. The highest BCUT2D eigenvalue weighted by molar-refractivity contribution is 7.89. The monoisotopic (exact) mass is 398 g/mol. The molecule has 2 aromatic rings. The van der Waals surface area contributed by atoms with Crippen LogP contribution in [0.3, 0.4) is 0 Å². The van der Waals surface area contributed by atoms with Crippen molar-refractivity contribution < 1.29 is 17.6 Å². The highest BCUT2D eigenvalue weighted by Crippen LogP contribution is 2.27. The van der Waals surface area contributed by atoms with Crippen LogP contribution in [0, 0.1) is 0 Å². The molecule has 1 unspecified atom stereocenters. The van der Waals surface area contributed by atoms with Gasteiger partial charge in [-0.1, -0.05) is 11.6 Å². The van der Waals surface area contributed by atoms with Gasteiger partial charge in [-0.05, 0) is 51.1 Å². The largest absolute Gasteiger partial charge is 0.467 e. The van der Waals surface area contributed by atoms with Crippen LogP contribution in [0.2, 0.25) is 5.02 Å². The number of benzene rings is 1. The Labute approximate surface area is 159 Å². The van der Waals surface area contributed by atoms with E-state index in [1.165, 1.54) is 40.7 Å². The van der Waals surface area contributed by atoms with Gasteiger partial charge < -0.3 is 9.32 Å². The third-order valence-electron chi connectivity index (χ3n) is 4.43. The Morgan fingerprint density at radius 1 is 1.15 bits per heavy atom. The van der Waals surface area contributed by atoms with Crippen LogP contribution in [0.15, 0.2) is 45.9 Å². The lowest BCUT2D eigenvalue weighted by atomic mass is 10.1. The number of amides is 1. The van der Waals surface area contributed by atoms with Crippen molar-refractivity contribution in [2.75, 3.05) is 14.1 Å². The van der Waals surface area contributed by atoms with Crippen molar-refractivity contribution in [1.29, 1.82) is 0 Å². The number of carbonyl (C=O) groups excluding carboxylic acids is 1. The molecule has 1 aromatic heterocycles. The molecule has 0 fully saturated rings. The van der Waals surface area contributed by atoms with Crippen LogP contribution >= 0.6 is 11.6 Å². The van der Waals surface area contributed by atoms with E-state index in [9.17, 15) is 13.2 Å². The number of carbonyl (C=O) groups is 1. The molecule has 2 rings (SSSR count). The Hall–Kier alpha value is -1.83.